The lowest BCUT2D eigenvalue weighted by molar-refractivity contribution is 0.407. The normalized spacial score (nSPS) is 12.8. The maximum Gasteiger partial charge on any atom is 0.118 e. The van der Waals surface area contributed by atoms with E-state index in [0.29, 0.717) is 12.6 Å². The Hall–Kier alpha value is -1.53. The highest BCUT2D eigenvalue weighted by Crippen LogP contribution is 2.14. The molecule has 1 atom stereocenters. The maximum atomic E-state index is 8.95. The van der Waals surface area contributed by atoms with E-state index in [2.05, 4.69) is 30.4 Å². The fourth-order valence-electron chi connectivity index (χ4n) is 1.66. The van der Waals surface area contributed by atoms with Gasteiger partial charge in [-0.25, -0.2) is 0 Å². The van der Waals surface area contributed by atoms with Crippen LogP contribution in [-0.2, 0) is 6.42 Å². The highest BCUT2D eigenvalue weighted by Gasteiger charge is 2.17. The SMILES string of the molecule is COc1ccc(CC(C)NCC(C)(C)C#N)cc1. The van der Waals surface area contributed by atoms with Crippen molar-refractivity contribution in [1.29, 1.82) is 5.26 Å². The maximum absolute atomic E-state index is 8.95. The van der Waals surface area contributed by atoms with E-state index in [-0.39, 0.29) is 5.41 Å². The molecular formula is C15H22N2O. The summed E-state index contributed by atoms with van der Waals surface area (Å²) < 4.78 is 5.13. The Labute approximate surface area is 110 Å². The minimum atomic E-state index is -0.311. The fourth-order valence-corrected chi connectivity index (χ4v) is 1.66. The summed E-state index contributed by atoms with van der Waals surface area (Å²) in [6.07, 6.45) is 0.950. The third-order valence-corrected chi connectivity index (χ3v) is 2.90. The molecule has 0 aliphatic heterocycles. The first-order valence-corrected chi connectivity index (χ1v) is 6.24. The van der Waals surface area contributed by atoms with Crippen molar-refractivity contribution in [3.05, 3.63) is 29.8 Å². The molecule has 98 valence electrons. The van der Waals surface area contributed by atoms with Crippen molar-refractivity contribution < 1.29 is 4.74 Å². The van der Waals surface area contributed by atoms with Crippen molar-refractivity contribution in [3.63, 3.8) is 0 Å². The van der Waals surface area contributed by atoms with Crippen LogP contribution in [0.5, 0.6) is 5.75 Å². The summed E-state index contributed by atoms with van der Waals surface area (Å²) in [5.41, 5.74) is 0.958. The average molecular weight is 246 g/mol. The van der Waals surface area contributed by atoms with Gasteiger partial charge in [0.15, 0.2) is 0 Å². The summed E-state index contributed by atoms with van der Waals surface area (Å²) in [4.78, 5) is 0. The van der Waals surface area contributed by atoms with E-state index in [1.165, 1.54) is 5.56 Å². The molecule has 1 aromatic carbocycles. The second-order valence-electron chi connectivity index (χ2n) is 5.33. The molecule has 0 saturated heterocycles. The fraction of sp³-hybridized carbons (Fsp3) is 0.533. The van der Waals surface area contributed by atoms with Gasteiger partial charge < -0.3 is 10.1 Å². The van der Waals surface area contributed by atoms with Gasteiger partial charge in [0.05, 0.1) is 18.6 Å². The van der Waals surface area contributed by atoms with Gasteiger partial charge in [0.1, 0.15) is 5.75 Å². The number of benzene rings is 1. The van der Waals surface area contributed by atoms with Gasteiger partial charge in [-0.2, -0.15) is 5.26 Å². The van der Waals surface area contributed by atoms with Crippen LogP contribution in [0.15, 0.2) is 24.3 Å². The summed E-state index contributed by atoms with van der Waals surface area (Å²) in [5.74, 6) is 0.880. The molecule has 0 fully saturated rings. The molecule has 1 N–H and O–H groups in total. The Bertz CT molecular complexity index is 403. The molecule has 1 aromatic rings. The van der Waals surface area contributed by atoms with Gasteiger partial charge in [-0.15, -0.1) is 0 Å². The minimum absolute atomic E-state index is 0.311. The number of nitriles is 1. The standard InChI is InChI=1S/C15H22N2O/c1-12(17-11-15(2,3)10-16)9-13-5-7-14(18-4)8-6-13/h5-8,12,17H,9,11H2,1-4H3. The van der Waals surface area contributed by atoms with Gasteiger partial charge in [-0.05, 0) is 44.9 Å². The Kier molecular flexibility index (Phi) is 5.18. The van der Waals surface area contributed by atoms with Gasteiger partial charge in [-0.3, -0.25) is 0 Å². The average Bonchev–Trinajstić information content (AvgIpc) is 2.37. The molecule has 3 heteroatoms. The Morgan fingerprint density at radius 2 is 1.94 bits per heavy atom. The summed E-state index contributed by atoms with van der Waals surface area (Å²) in [5, 5.41) is 12.3. The lowest BCUT2D eigenvalue weighted by atomic mass is 9.95. The van der Waals surface area contributed by atoms with Crippen molar-refractivity contribution in [2.75, 3.05) is 13.7 Å². The predicted molar refractivity (Wildman–Crippen MR) is 73.6 cm³/mol. The molecule has 0 aliphatic carbocycles. The van der Waals surface area contributed by atoms with Gasteiger partial charge >= 0.3 is 0 Å². The molecule has 0 radical (unpaired) electrons. The van der Waals surface area contributed by atoms with Gasteiger partial charge in [0.25, 0.3) is 0 Å². The van der Waals surface area contributed by atoms with Crippen molar-refractivity contribution in [2.24, 2.45) is 5.41 Å². The van der Waals surface area contributed by atoms with Crippen molar-refractivity contribution >= 4 is 0 Å². The zero-order valence-corrected chi connectivity index (χ0v) is 11.7. The molecule has 0 heterocycles. The molecule has 0 aromatic heterocycles. The number of ether oxygens (including phenoxy) is 1. The quantitative estimate of drug-likeness (QED) is 0.839. The zero-order valence-electron chi connectivity index (χ0n) is 11.7. The van der Waals surface area contributed by atoms with Crippen LogP contribution < -0.4 is 10.1 Å². The number of rotatable bonds is 6. The first-order valence-electron chi connectivity index (χ1n) is 6.24. The third-order valence-electron chi connectivity index (χ3n) is 2.90. The number of nitrogens with one attached hydrogen (secondary N) is 1. The smallest absolute Gasteiger partial charge is 0.118 e. The van der Waals surface area contributed by atoms with Gasteiger partial charge in [0, 0.05) is 12.6 Å². The number of hydrogen-bond acceptors (Lipinski definition) is 3. The van der Waals surface area contributed by atoms with E-state index in [1.54, 1.807) is 7.11 Å². The van der Waals surface area contributed by atoms with E-state index in [0.717, 1.165) is 12.2 Å². The topological polar surface area (TPSA) is 45.0 Å². The van der Waals surface area contributed by atoms with Crippen LogP contribution in [0.4, 0.5) is 0 Å². The molecule has 0 spiro atoms. The highest BCUT2D eigenvalue weighted by molar-refractivity contribution is 5.27. The molecule has 3 nitrogen and oxygen atoms in total. The molecule has 18 heavy (non-hydrogen) atoms. The second-order valence-corrected chi connectivity index (χ2v) is 5.33. The van der Waals surface area contributed by atoms with Crippen LogP contribution in [0, 0.1) is 16.7 Å². The predicted octanol–water partition coefficient (Wildman–Crippen LogP) is 2.77. The van der Waals surface area contributed by atoms with E-state index < -0.39 is 0 Å². The Balaban J connectivity index is 2.44. The molecule has 1 unspecified atom stereocenters. The monoisotopic (exact) mass is 246 g/mol. The Morgan fingerprint density at radius 1 is 1.33 bits per heavy atom. The van der Waals surface area contributed by atoms with E-state index in [9.17, 15) is 0 Å². The number of nitrogens with zero attached hydrogens (tertiary/aromatic N) is 1. The summed E-state index contributed by atoms with van der Waals surface area (Å²) >= 11 is 0. The van der Waals surface area contributed by atoms with Crippen LogP contribution in [0.1, 0.15) is 26.3 Å². The summed E-state index contributed by atoms with van der Waals surface area (Å²) in [7, 11) is 1.67. The minimum Gasteiger partial charge on any atom is -0.497 e. The Morgan fingerprint density at radius 3 is 2.44 bits per heavy atom. The molecule has 0 saturated carbocycles. The highest BCUT2D eigenvalue weighted by atomic mass is 16.5. The molecule has 0 aliphatic rings. The van der Waals surface area contributed by atoms with Crippen molar-refractivity contribution in [1.82, 2.24) is 5.32 Å². The van der Waals surface area contributed by atoms with Crippen molar-refractivity contribution in [2.45, 2.75) is 33.2 Å². The van der Waals surface area contributed by atoms with Crippen LogP contribution >= 0.6 is 0 Å². The molecule has 0 bridgehead atoms. The van der Waals surface area contributed by atoms with Gasteiger partial charge in [0.2, 0.25) is 0 Å². The van der Waals surface area contributed by atoms with E-state index in [4.69, 9.17) is 10.00 Å². The van der Waals surface area contributed by atoms with Crippen LogP contribution in [0.2, 0.25) is 0 Å². The first-order chi connectivity index (χ1) is 8.46. The van der Waals surface area contributed by atoms with Crippen molar-refractivity contribution in [3.8, 4) is 11.8 Å². The molecular weight excluding hydrogens is 224 g/mol. The van der Waals surface area contributed by atoms with Crippen LogP contribution in [0.3, 0.4) is 0 Å². The van der Waals surface area contributed by atoms with E-state index >= 15 is 0 Å². The first kappa shape index (κ1) is 14.5. The summed E-state index contributed by atoms with van der Waals surface area (Å²) in [6.45, 7) is 6.73. The van der Waals surface area contributed by atoms with E-state index in [1.807, 2.05) is 26.0 Å². The lowest BCUT2D eigenvalue weighted by Gasteiger charge is -2.20. The third kappa shape index (κ3) is 4.77. The molecule has 0 amide bonds. The van der Waals surface area contributed by atoms with Gasteiger partial charge in [-0.1, -0.05) is 12.1 Å². The number of methoxy groups -OCH3 is 1. The summed E-state index contributed by atoms with van der Waals surface area (Å²) in [6, 6.07) is 10.7. The lowest BCUT2D eigenvalue weighted by Crippen LogP contribution is -2.35. The second kappa shape index (κ2) is 6.42. The zero-order chi connectivity index (χ0) is 13.6. The number of hydrogen-bond donors (Lipinski definition) is 1. The van der Waals surface area contributed by atoms with Crippen LogP contribution in [0.25, 0.3) is 0 Å². The van der Waals surface area contributed by atoms with Crippen LogP contribution in [-0.4, -0.2) is 19.7 Å². The largest absolute Gasteiger partial charge is 0.497 e. The molecule has 1 rings (SSSR count).